The van der Waals surface area contributed by atoms with Crippen molar-refractivity contribution in [2.45, 2.75) is 10.9 Å². The number of aromatic nitrogens is 4. The molecule has 4 rings (SSSR count). The molecule has 0 bridgehead atoms. The van der Waals surface area contributed by atoms with Crippen LogP contribution in [0.4, 0.5) is 10.8 Å². The van der Waals surface area contributed by atoms with E-state index in [1.54, 1.807) is 6.26 Å². The Balaban J connectivity index is 1.30. The first kappa shape index (κ1) is 16.9. The van der Waals surface area contributed by atoms with Crippen LogP contribution >= 0.6 is 34.8 Å². The third-order valence-electron chi connectivity index (χ3n) is 3.29. The first-order valence-electron chi connectivity index (χ1n) is 7.51. The van der Waals surface area contributed by atoms with Gasteiger partial charge in [-0.3, -0.25) is 4.79 Å². The van der Waals surface area contributed by atoms with Gasteiger partial charge in [-0.2, -0.15) is 8.75 Å². The average Bonchev–Trinajstić information content (AvgIpc) is 3.39. The lowest BCUT2D eigenvalue weighted by Gasteiger charge is -2.04. The largest absolute Gasteiger partial charge is 0.467 e. The Morgan fingerprint density at radius 1 is 1.19 bits per heavy atom. The fourth-order valence-corrected chi connectivity index (χ4v) is 4.23. The molecule has 3 aromatic heterocycles. The number of hydrogen-bond donors (Lipinski definition) is 2. The minimum Gasteiger partial charge on any atom is -0.467 e. The molecule has 0 fully saturated rings. The van der Waals surface area contributed by atoms with E-state index >= 15 is 0 Å². The van der Waals surface area contributed by atoms with Crippen molar-refractivity contribution < 1.29 is 9.21 Å². The minimum absolute atomic E-state index is 0.129. The van der Waals surface area contributed by atoms with Crippen molar-refractivity contribution in [3.05, 3.63) is 42.4 Å². The van der Waals surface area contributed by atoms with Crippen LogP contribution in [0.15, 0.2) is 45.4 Å². The standard InChI is InChI=1S/C15H12N6O2S3/c22-12(17-10-4-1-5-11-13(10)21-26-20-11)8-24-15-19-18-14(25-15)16-7-9-3-2-6-23-9/h1-6H,7-8H2,(H,16,18)(H,17,22). The topological polar surface area (TPSA) is 106 Å². The SMILES string of the molecule is O=C(CSc1nnc(NCc2ccco2)s1)Nc1cccc2nsnc12. The molecule has 0 spiro atoms. The monoisotopic (exact) mass is 404 g/mol. The maximum absolute atomic E-state index is 12.2. The highest BCUT2D eigenvalue weighted by Crippen LogP contribution is 2.26. The Morgan fingerprint density at radius 2 is 2.15 bits per heavy atom. The number of carbonyl (C=O) groups is 1. The van der Waals surface area contributed by atoms with E-state index in [0.717, 1.165) is 27.3 Å². The molecule has 0 aliphatic heterocycles. The van der Waals surface area contributed by atoms with E-state index in [0.29, 0.717) is 22.9 Å². The third-order valence-corrected chi connectivity index (χ3v) is 5.84. The van der Waals surface area contributed by atoms with E-state index in [1.165, 1.54) is 23.1 Å². The van der Waals surface area contributed by atoms with Crippen molar-refractivity contribution in [1.82, 2.24) is 18.9 Å². The summed E-state index contributed by atoms with van der Waals surface area (Å²) in [5.41, 5.74) is 2.15. The van der Waals surface area contributed by atoms with Gasteiger partial charge in [0.2, 0.25) is 11.0 Å². The van der Waals surface area contributed by atoms with Crippen molar-refractivity contribution in [3.63, 3.8) is 0 Å². The highest BCUT2D eigenvalue weighted by molar-refractivity contribution is 8.01. The molecule has 3 heterocycles. The maximum Gasteiger partial charge on any atom is 0.234 e. The van der Waals surface area contributed by atoms with Crippen LogP contribution in [-0.2, 0) is 11.3 Å². The molecule has 4 aromatic rings. The summed E-state index contributed by atoms with van der Waals surface area (Å²) < 4.78 is 14.3. The molecule has 1 amide bonds. The number of carbonyl (C=O) groups excluding carboxylic acids is 1. The molecule has 11 heteroatoms. The van der Waals surface area contributed by atoms with Crippen LogP contribution in [0, 0.1) is 0 Å². The number of thioether (sulfide) groups is 1. The molecule has 0 saturated carbocycles. The van der Waals surface area contributed by atoms with Gasteiger partial charge in [0.1, 0.15) is 16.8 Å². The normalized spacial score (nSPS) is 10.9. The number of benzene rings is 1. The lowest BCUT2D eigenvalue weighted by atomic mass is 10.2. The number of rotatable bonds is 7. The second-order valence-corrected chi connectivity index (χ2v) is 7.81. The molecular weight excluding hydrogens is 392 g/mol. The Kier molecular flexibility index (Phi) is 5.09. The maximum atomic E-state index is 12.2. The first-order chi connectivity index (χ1) is 12.8. The summed E-state index contributed by atoms with van der Waals surface area (Å²) in [5, 5.41) is 14.8. The Labute approximate surface area is 160 Å². The summed E-state index contributed by atoms with van der Waals surface area (Å²) in [6.45, 7) is 0.540. The molecule has 132 valence electrons. The van der Waals surface area contributed by atoms with Crippen LogP contribution in [0.1, 0.15) is 5.76 Å². The Hall–Kier alpha value is -2.50. The average molecular weight is 405 g/mol. The summed E-state index contributed by atoms with van der Waals surface area (Å²) in [6, 6.07) is 9.23. The van der Waals surface area contributed by atoms with Gasteiger partial charge in [-0.25, -0.2) is 0 Å². The van der Waals surface area contributed by atoms with Crippen LogP contribution in [0.5, 0.6) is 0 Å². The molecule has 0 radical (unpaired) electrons. The van der Waals surface area contributed by atoms with Crippen molar-refractivity contribution in [1.29, 1.82) is 0 Å². The van der Waals surface area contributed by atoms with E-state index in [9.17, 15) is 4.79 Å². The van der Waals surface area contributed by atoms with Crippen LogP contribution in [0.25, 0.3) is 11.0 Å². The number of hydrogen-bond acceptors (Lipinski definition) is 10. The fraction of sp³-hybridized carbons (Fsp3) is 0.133. The molecule has 0 aliphatic carbocycles. The summed E-state index contributed by atoms with van der Waals surface area (Å²) in [7, 11) is 0. The fourth-order valence-electron chi connectivity index (χ4n) is 2.14. The van der Waals surface area contributed by atoms with Gasteiger partial charge in [0, 0.05) is 0 Å². The number of anilines is 2. The summed E-state index contributed by atoms with van der Waals surface area (Å²) in [6.07, 6.45) is 1.62. The van der Waals surface area contributed by atoms with Gasteiger partial charge >= 0.3 is 0 Å². The van der Waals surface area contributed by atoms with Gasteiger partial charge in [-0.1, -0.05) is 29.2 Å². The zero-order chi connectivity index (χ0) is 17.8. The second-order valence-electron chi connectivity index (χ2n) is 5.08. The highest BCUT2D eigenvalue weighted by Gasteiger charge is 2.11. The quantitative estimate of drug-likeness (QED) is 0.451. The van der Waals surface area contributed by atoms with Crippen molar-refractivity contribution >= 4 is 62.6 Å². The minimum atomic E-state index is -0.129. The van der Waals surface area contributed by atoms with Crippen LogP contribution in [-0.4, -0.2) is 30.6 Å². The van der Waals surface area contributed by atoms with Gasteiger partial charge in [-0.15, -0.1) is 10.2 Å². The van der Waals surface area contributed by atoms with Crippen LogP contribution in [0.2, 0.25) is 0 Å². The Morgan fingerprint density at radius 3 is 3.04 bits per heavy atom. The Bertz CT molecular complexity index is 1010. The van der Waals surface area contributed by atoms with Crippen molar-refractivity contribution in [2.75, 3.05) is 16.4 Å². The highest BCUT2D eigenvalue weighted by atomic mass is 32.2. The number of amides is 1. The number of nitrogens with one attached hydrogen (secondary N) is 2. The van der Waals surface area contributed by atoms with Crippen LogP contribution < -0.4 is 10.6 Å². The zero-order valence-corrected chi connectivity index (χ0v) is 15.7. The van der Waals surface area contributed by atoms with Crippen molar-refractivity contribution in [3.8, 4) is 0 Å². The predicted octanol–water partition coefficient (Wildman–Crippen LogP) is 3.48. The smallest absolute Gasteiger partial charge is 0.234 e. The van der Waals surface area contributed by atoms with E-state index in [4.69, 9.17) is 4.42 Å². The number of nitrogens with zero attached hydrogens (tertiary/aromatic N) is 4. The summed E-state index contributed by atoms with van der Waals surface area (Å²) in [4.78, 5) is 12.2. The third kappa shape index (κ3) is 4.00. The molecule has 8 nitrogen and oxygen atoms in total. The summed E-state index contributed by atoms with van der Waals surface area (Å²) in [5.74, 6) is 0.927. The van der Waals surface area contributed by atoms with Gasteiger partial charge in [-0.05, 0) is 24.3 Å². The molecular formula is C15H12N6O2S3. The number of furan rings is 1. The predicted molar refractivity (Wildman–Crippen MR) is 103 cm³/mol. The molecule has 0 aliphatic rings. The molecule has 0 saturated heterocycles. The molecule has 26 heavy (non-hydrogen) atoms. The zero-order valence-electron chi connectivity index (χ0n) is 13.2. The van der Waals surface area contributed by atoms with E-state index in [1.807, 2.05) is 30.3 Å². The van der Waals surface area contributed by atoms with Gasteiger partial charge < -0.3 is 15.1 Å². The van der Waals surface area contributed by atoms with Crippen LogP contribution in [0.3, 0.4) is 0 Å². The molecule has 0 unspecified atom stereocenters. The number of fused-ring (bicyclic) bond motifs is 1. The first-order valence-corrected chi connectivity index (χ1v) is 10.0. The van der Waals surface area contributed by atoms with E-state index in [-0.39, 0.29) is 11.7 Å². The summed E-state index contributed by atoms with van der Waals surface area (Å²) >= 11 is 3.85. The van der Waals surface area contributed by atoms with Gasteiger partial charge in [0.15, 0.2) is 4.34 Å². The van der Waals surface area contributed by atoms with Gasteiger partial charge in [0.25, 0.3) is 0 Å². The molecule has 1 aromatic carbocycles. The molecule has 2 N–H and O–H groups in total. The molecule has 0 atom stereocenters. The van der Waals surface area contributed by atoms with E-state index in [2.05, 4.69) is 29.6 Å². The van der Waals surface area contributed by atoms with Crippen molar-refractivity contribution in [2.24, 2.45) is 0 Å². The second kappa shape index (κ2) is 7.81. The lowest BCUT2D eigenvalue weighted by molar-refractivity contribution is -0.113. The lowest BCUT2D eigenvalue weighted by Crippen LogP contribution is -2.14. The van der Waals surface area contributed by atoms with Gasteiger partial charge in [0.05, 0.1) is 36.0 Å². The van der Waals surface area contributed by atoms with E-state index < -0.39 is 0 Å².